The molecule has 30 heavy (non-hydrogen) atoms. The molecule has 1 aliphatic rings. The van der Waals surface area contributed by atoms with Crippen molar-refractivity contribution in [1.29, 1.82) is 0 Å². The summed E-state index contributed by atoms with van der Waals surface area (Å²) in [6.07, 6.45) is 1.45. The van der Waals surface area contributed by atoms with E-state index in [2.05, 4.69) is 0 Å². The number of benzene rings is 1. The third-order valence-electron chi connectivity index (χ3n) is 5.17. The van der Waals surface area contributed by atoms with Crippen LogP contribution in [0.15, 0.2) is 35.7 Å². The molecule has 2 aromatic rings. The predicted octanol–water partition coefficient (Wildman–Crippen LogP) is 3.28. The fourth-order valence-corrected chi connectivity index (χ4v) is 4.54. The SMILES string of the molecule is COCCCN(CC(=O)N1CCc2sccc2C1COc1cccc(F)c1)C(C)=O. The van der Waals surface area contributed by atoms with E-state index in [-0.39, 0.29) is 36.8 Å². The summed E-state index contributed by atoms with van der Waals surface area (Å²) in [5, 5.41) is 2.01. The molecular weight excluding hydrogens is 407 g/mol. The molecule has 0 saturated heterocycles. The number of nitrogens with zero attached hydrogens (tertiary/aromatic N) is 2. The van der Waals surface area contributed by atoms with Crippen LogP contribution in [0.2, 0.25) is 0 Å². The van der Waals surface area contributed by atoms with E-state index >= 15 is 0 Å². The lowest BCUT2D eigenvalue weighted by Gasteiger charge is -2.37. The van der Waals surface area contributed by atoms with Gasteiger partial charge in [-0.1, -0.05) is 6.07 Å². The standard InChI is InChI=1S/C22H27FN2O4S/c1-16(26)24(9-4-11-28-2)14-22(27)25-10-7-21-19(8-12-30-21)20(25)15-29-18-6-3-5-17(23)13-18/h3,5-6,8,12-13,20H,4,7,9-11,14-15H2,1-2H3. The maximum atomic E-state index is 13.5. The van der Waals surface area contributed by atoms with Gasteiger partial charge in [-0.2, -0.15) is 0 Å². The van der Waals surface area contributed by atoms with Crippen molar-refractivity contribution in [2.24, 2.45) is 0 Å². The van der Waals surface area contributed by atoms with Gasteiger partial charge in [-0.05, 0) is 42.0 Å². The minimum absolute atomic E-state index is 0.0228. The Bertz CT molecular complexity index is 872. The summed E-state index contributed by atoms with van der Waals surface area (Å²) >= 11 is 1.67. The van der Waals surface area contributed by atoms with Crippen LogP contribution in [0.25, 0.3) is 0 Å². The van der Waals surface area contributed by atoms with Crippen molar-refractivity contribution in [3.05, 3.63) is 52.0 Å². The van der Waals surface area contributed by atoms with Crippen molar-refractivity contribution in [1.82, 2.24) is 9.80 Å². The van der Waals surface area contributed by atoms with E-state index in [1.54, 1.807) is 40.4 Å². The summed E-state index contributed by atoms with van der Waals surface area (Å²) in [5.74, 6) is -0.198. The van der Waals surface area contributed by atoms with Crippen LogP contribution in [0.5, 0.6) is 5.75 Å². The first kappa shape index (κ1) is 22.2. The molecular formula is C22H27FN2O4S. The number of carbonyl (C=O) groups excluding carboxylic acids is 2. The summed E-state index contributed by atoms with van der Waals surface area (Å²) in [6, 6.07) is 7.72. The smallest absolute Gasteiger partial charge is 0.242 e. The second kappa shape index (κ2) is 10.5. The minimum atomic E-state index is -0.367. The molecule has 0 spiro atoms. The molecule has 0 radical (unpaired) electrons. The number of hydrogen-bond acceptors (Lipinski definition) is 5. The van der Waals surface area contributed by atoms with E-state index in [0.717, 1.165) is 12.0 Å². The number of ether oxygens (including phenoxy) is 2. The average Bonchev–Trinajstić information content (AvgIpc) is 3.20. The summed E-state index contributed by atoms with van der Waals surface area (Å²) in [6.45, 7) is 3.28. The van der Waals surface area contributed by atoms with Crippen molar-refractivity contribution in [2.45, 2.75) is 25.8 Å². The van der Waals surface area contributed by atoms with E-state index in [1.807, 2.05) is 11.4 Å². The molecule has 8 heteroatoms. The van der Waals surface area contributed by atoms with Crippen molar-refractivity contribution in [3.63, 3.8) is 0 Å². The highest BCUT2D eigenvalue weighted by atomic mass is 32.1. The van der Waals surface area contributed by atoms with Gasteiger partial charge in [0.2, 0.25) is 11.8 Å². The Balaban J connectivity index is 1.72. The Morgan fingerprint density at radius 2 is 2.17 bits per heavy atom. The van der Waals surface area contributed by atoms with Gasteiger partial charge in [0, 0.05) is 44.7 Å². The topological polar surface area (TPSA) is 59.1 Å². The number of hydrogen-bond donors (Lipinski definition) is 0. The van der Waals surface area contributed by atoms with Crippen LogP contribution in [-0.2, 0) is 20.7 Å². The van der Waals surface area contributed by atoms with Crippen molar-refractivity contribution >= 4 is 23.2 Å². The van der Waals surface area contributed by atoms with E-state index in [0.29, 0.717) is 31.9 Å². The molecule has 1 atom stereocenters. The second-order valence-corrected chi connectivity index (χ2v) is 8.21. The molecule has 1 aliphatic heterocycles. The molecule has 1 aromatic carbocycles. The number of carbonyl (C=O) groups is 2. The molecule has 2 amide bonds. The molecule has 0 fully saturated rings. The zero-order valence-corrected chi connectivity index (χ0v) is 18.1. The quantitative estimate of drug-likeness (QED) is 0.569. The number of methoxy groups -OCH3 is 1. The molecule has 162 valence electrons. The van der Waals surface area contributed by atoms with E-state index in [4.69, 9.17) is 9.47 Å². The summed E-state index contributed by atoms with van der Waals surface area (Å²) in [5.41, 5.74) is 1.06. The Kier molecular flexibility index (Phi) is 7.81. The van der Waals surface area contributed by atoms with Gasteiger partial charge in [0.25, 0.3) is 0 Å². The Morgan fingerprint density at radius 1 is 1.33 bits per heavy atom. The summed E-state index contributed by atoms with van der Waals surface area (Å²) in [4.78, 5) is 29.7. The molecule has 3 rings (SSSR count). The second-order valence-electron chi connectivity index (χ2n) is 7.21. The molecule has 0 bridgehead atoms. The van der Waals surface area contributed by atoms with Crippen LogP contribution in [-0.4, -0.2) is 61.6 Å². The van der Waals surface area contributed by atoms with E-state index < -0.39 is 0 Å². The molecule has 1 unspecified atom stereocenters. The van der Waals surface area contributed by atoms with Crippen molar-refractivity contribution in [3.8, 4) is 5.75 Å². The number of rotatable bonds is 9. The summed E-state index contributed by atoms with van der Waals surface area (Å²) in [7, 11) is 1.61. The lowest BCUT2D eigenvalue weighted by atomic mass is 10.0. The third-order valence-corrected chi connectivity index (χ3v) is 6.16. The maximum Gasteiger partial charge on any atom is 0.242 e. The zero-order chi connectivity index (χ0) is 21.5. The first-order valence-corrected chi connectivity index (χ1v) is 10.9. The lowest BCUT2D eigenvalue weighted by molar-refractivity contribution is -0.142. The van der Waals surface area contributed by atoms with Gasteiger partial charge in [-0.15, -0.1) is 11.3 Å². The molecule has 6 nitrogen and oxygen atoms in total. The van der Waals surface area contributed by atoms with Crippen LogP contribution in [0.3, 0.4) is 0 Å². The van der Waals surface area contributed by atoms with Crippen LogP contribution in [0, 0.1) is 5.82 Å². The third kappa shape index (κ3) is 5.58. The van der Waals surface area contributed by atoms with Crippen LogP contribution < -0.4 is 4.74 Å². The lowest BCUT2D eigenvalue weighted by Crippen LogP contribution is -2.47. The van der Waals surface area contributed by atoms with Gasteiger partial charge in [-0.25, -0.2) is 4.39 Å². The first-order valence-electron chi connectivity index (χ1n) is 9.98. The Hall–Kier alpha value is -2.45. The van der Waals surface area contributed by atoms with Crippen molar-refractivity contribution < 1.29 is 23.5 Å². The molecule has 1 aromatic heterocycles. The van der Waals surface area contributed by atoms with Crippen LogP contribution in [0.1, 0.15) is 29.8 Å². The Labute approximate surface area is 180 Å². The van der Waals surface area contributed by atoms with E-state index in [1.165, 1.54) is 23.9 Å². The number of fused-ring (bicyclic) bond motifs is 1. The van der Waals surface area contributed by atoms with Crippen molar-refractivity contribution in [2.75, 3.05) is 40.0 Å². The largest absolute Gasteiger partial charge is 0.491 e. The molecule has 0 N–H and O–H groups in total. The van der Waals surface area contributed by atoms with Gasteiger partial charge in [0.05, 0.1) is 12.6 Å². The molecule has 0 aliphatic carbocycles. The number of amides is 2. The monoisotopic (exact) mass is 434 g/mol. The average molecular weight is 435 g/mol. The zero-order valence-electron chi connectivity index (χ0n) is 17.3. The minimum Gasteiger partial charge on any atom is -0.491 e. The van der Waals surface area contributed by atoms with Gasteiger partial charge in [-0.3, -0.25) is 9.59 Å². The summed E-state index contributed by atoms with van der Waals surface area (Å²) < 4.78 is 24.4. The predicted molar refractivity (Wildman–Crippen MR) is 113 cm³/mol. The van der Waals surface area contributed by atoms with Crippen LogP contribution in [0.4, 0.5) is 4.39 Å². The molecule has 0 saturated carbocycles. The highest BCUT2D eigenvalue weighted by Gasteiger charge is 2.33. The van der Waals surface area contributed by atoms with Gasteiger partial charge < -0.3 is 19.3 Å². The van der Waals surface area contributed by atoms with Gasteiger partial charge >= 0.3 is 0 Å². The highest BCUT2D eigenvalue weighted by Crippen LogP contribution is 2.34. The molecule has 2 heterocycles. The first-order chi connectivity index (χ1) is 14.5. The number of thiophene rings is 1. The fourth-order valence-electron chi connectivity index (χ4n) is 3.61. The number of halogens is 1. The van der Waals surface area contributed by atoms with Crippen LogP contribution >= 0.6 is 11.3 Å². The van der Waals surface area contributed by atoms with Gasteiger partial charge in [0.1, 0.15) is 18.2 Å². The Morgan fingerprint density at radius 3 is 2.90 bits per heavy atom. The maximum absolute atomic E-state index is 13.5. The van der Waals surface area contributed by atoms with E-state index in [9.17, 15) is 14.0 Å². The fraction of sp³-hybridized carbons (Fsp3) is 0.455. The highest BCUT2D eigenvalue weighted by molar-refractivity contribution is 7.10. The van der Waals surface area contributed by atoms with Gasteiger partial charge in [0.15, 0.2) is 0 Å². The normalized spacial score (nSPS) is 15.6.